The average Bonchev–Trinajstić information content (AvgIpc) is 3.14. The molecule has 1 fully saturated rings. The highest BCUT2D eigenvalue weighted by atomic mass is 19.4. The molecule has 106 valence electrons. The van der Waals surface area contributed by atoms with Crippen LogP contribution in [0.1, 0.15) is 24.4 Å². The molecule has 0 amide bonds. The predicted molar refractivity (Wildman–Crippen MR) is 65.7 cm³/mol. The standard InChI is InChI=1S/C13H17F3N2O/c1-18(9-6-7-9)11(8-17)10-4-2-3-5-12(10)19-13(14,15)16/h2-5,9,11H,6-8,17H2,1H3. The van der Waals surface area contributed by atoms with Crippen LogP contribution in [0, 0.1) is 0 Å². The zero-order valence-electron chi connectivity index (χ0n) is 10.7. The van der Waals surface area contributed by atoms with Crippen LogP contribution in [0.3, 0.4) is 0 Å². The molecule has 1 aromatic carbocycles. The second-order valence-corrected chi connectivity index (χ2v) is 4.73. The van der Waals surface area contributed by atoms with Crippen LogP contribution in [0.2, 0.25) is 0 Å². The van der Waals surface area contributed by atoms with E-state index >= 15 is 0 Å². The van der Waals surface area contributed by atoms with Gasteiger partial charge in [-0.25, -0.2) is 0 Å². The molecule has 0 aliphatic heterocycles. The fourth-order valence-corrected chi connectivity index (χ4v) is 2.22. The zero-order valence-corrected chi connectivity index (χ0v) is 10.7. The lowest BCUT2D eigenvalue weighted by Gasteiger charge is -2.28. The molecule has 0 aromatic heterocycles. The smallest absolute Gasteiger partial charge is 0.405 e. The SMILES string of the molecule is CN(C1CC1)C(CN)c1ccccc1OC(F)(F)F. The molecule has 3 nitrogen and oxygen atoms in total. The van der Waals surface area contributed by atoms with Gasteiger partial charge in [-0.2, -0.15) is 0 Å². The lowest BCUT2D eigenvalue weighted by molar-refractivity contribution is -0.275. The second-order valence-electron chi connectivity index (χ2n) is 4.73. The third-order valence-electron chi connectivity index (χ3n) is 3.34. The number of nitrogens with two attached hydrogens (primary N) is 1. The number of likely N-dealkylation sites (N-methyl/N-ethyl adjacent to an activating group) is 1. The molecule has 0 saturated heterocycles. The molecular weight excluding hydrogens is 257 g/mol. The zero-order chi connectivity index (χ0) is 14.0. The predicted octanol–water partition coefficient (Wildman–Crippen LogP) is 2.68. The summed E-state index contributed by atoms with van der Waals surface area (Å²) in [5.41, 5.74) is 6.21. The van der Waals surface area contributed by atoms with Crippen molar-refractivity contribution in [2.24, 2.45) is 5.73 Å². The Morgan fingerprint density at radius 3 is 2.53 bits per heavy atom. The Kier molecular flexibility index (Phi) is 4.01. The molecule has 0 heterocycles. The second kappa shape index (κ2) is 5.38. The van der Waals surface area contributed by atoms with E-state index in [1.807, 2.05) is 11.9 Å². The van der Waals surface area contributed by atoms with Gasteiger partial charge in [0.05, 0.1) is 6.04 Å². The highest BCUT2D eigenvalue weighted by Gasteiger charge is 2.35. The van der Waals surface area contributed by atoms with Gasteiger partial charge in [0.25, 0.3) is 0 Å². The van der Waals surface area contributed by atoms with Crippen molar-refractivity contribution in [1.82, 2.24) is 4.90 Å². The van der Waals surface area contributed by atoms with Crippen LogP contribution >= 0.6 is 0 Å². The van der Waals surface area contributed by atoms with Gasteiger partial charge in [0.15, 0.2) is 0 Å². The van der Waals surface area contributed by atoms with Gasteiger partial charge in [-0.15, -0.1) is 13.2 Å². The van der Waals surface area contributed by atoms with E-state index < -0.39 is 6.36 Å². The van der Waals surface area contributed by atoms with E-state index in [-0.39, 0.29) is 18.3 Å². The van der Waals surface area contributed by atoms with Crippen LogP contribution in [0.5, 0.6) is 5.75 Å². The van der Waals surface area contributed by atoms with Gasteiger partial charge >= 0.3 is 6.36 Å². The van der Waals surface area contributed by atoms with E-state index in [1.165, 1.54) is 12.1 Å². The van der Waals surface area contributed by atoms with Crippen molar-refractivity contribution in [1.29, 1.82) is 0 Å². The van der Waals surface area contributed by atoms with Gasteiger partial charge in [-0.05, 0) is 26.0 Å². The fourth-order valence-electron chi connectivity index (χ4n) is 2.22. The highest BCUT2D eigenvalue weighted by molar-refractivity contribution is 5.36. The molecule has 1 aromatic rings. The number of ether oxygens (including phenoxy) is 1. The van der Waals surface area contributed by atoms with Crippen molar-refractivity contribution in [2.45, 2.75) is 31.3 Å². The number of benzene rings is 1. The first-order chi connectivity index (χ1) is 8.92. The molecule has 0 spiro atoms. The van der Waals surface area contributed by atoms with E-state index in [0.717, 1.165) is 12.8 Å². The third-order valence-corrected chi connectivity index (χ3v) is 3.34. The molecular formula is C13H17F3N2O. The number of rotatable bonds is 5. The Hall–Kier alpha value is -1.27. The summed E-state index contributed by atoms with van der Waals surface area (Å²) in [4.78, 5) is 2.03. The Morgan fingerprint density at radius 1 is 1.37 bits per heavy atom. The number of hydrogen-bond acceptors (Lipinski definition) is 3. The fraction of sp³-hybridized carbons (Fsp3) is 0.538. The minimum atomic E-state index is -4.69. The summed E-state index contributed by atoms with van der Waals surface area (Å²) in [6, 6.07) is 6.33. The van der Waals surface area contributed by atoms with Crippen LogP contribution in [-0.2, 0) is 0 Å². The van der Waals surface area contributed by atoms with Gasteiger partial charge in [-0.3, -0.25) is 4.90 Å². The van der Waals surface area contributed by atoms with Crippen molar-refractivity contribution in [3.05, 3.63) is 29.8 Å². The molecule has 1 atom stereocenters. The van der Waals surface area contributed by atoms with Crippen LogP contribution in [0.4, 0.5) is 13.2 Å². The molecule has 1 aliphatic rings. The molecule has 2 rings (SSSR count). The number of hydrogen-bond donors (Lipinski definition) is 1. The topological polar surface area (TPSA) is 38.5 Å². The summed E-state index contributed by atoms with van der Waals surface area (Å²) in [5.74, 6) is -0.169. The number of nitrogens with zero attached hydrogens (tertiary/aromatic N) is 1. The van der Waals surface area contributed by atoms with Gasteiger partial charge < -0.3 is 10.5 Å². The largest absolute Gasteiger partial charge is 0.573 e. The Balaban J connectivity index is 2.26. The summed E-state index contributed by atoms with van der Waals surface area (Å²) in [6.45, 7) is 0.255. The summed E-state index contributed by atoms with van der Waals surface area (Å²) in [5, 5.41) is 0. The molecule has 1 aliphatic carbocycles. The van der Waals surface area contributed by atoms with Crippen molar-refractivity contribution in [2.75, 3.05) is 13.6 Å². The minimum absolute atomic E-state index is 0.169. The first-order valence-electron chi connectivity index (χ1n) is 6.19. The maximum atomic E-state index is 12.4. The van der Waals surface area contributed by atoms with Crippen LogP contribution < -0.4 is 10.5 Å². The Morgan fingerprint density at radius 2 is 2.00 bits per heavy atom. The van der Waals surface area contributed by atoms with Crippen LogP contribution in [-0.4, -0.2) is 30.9 Å². The van der Waals surface area contributed by atoms with Gasteiger partial charge in [0.2, 0.25) is 0 Å². The highest BCUT2D eigenvalue weighted by Crippen LogP contribution is 2.37. The molecule has 0 bridgehead atoms. The maximum Gasteiger partial charge on any atom is 0.573 e. The van der Waals surface area contributed by atoms with Crippen molar-refractivity contribution in [3.8, 4) is 5.75 Å². The van der Waals surface area contributed by atoms with E-state index in [1.54, 1.807) is 12.1 Å². The van der Waals surface area contributed by atoms with E-state index in [4.69, 9.17) is 5.73 Å². The Labute approximate surface area is 110 Å². The first-order valence-corrected chi connectivity index (χ1v) is 6.19. The number of alkyl halides is 3. The third kappa shape index (κ3) is 3.61. The lowest BCUT2D eigenvalue weighted by atomic mass is 10.0. The molecule has 1 saturated carbocycles. The molecule has 6 heteroatoms. The van der Waals surface area contributed by atoms with Crippen LogP contribution in [0.15, 0.2) is 24.3 Å². The van der Waals surface area contributed by atoms with Crippen molar-refractivity contribution >= 4 is 0 Å². The van der Waals surface area contributed by atoms with E-state index in [0.29, 0.717) is 11.6 Å². The number of para-hydroxylation sites is 1. The van der Waals surface area contributed by atoms with Gasteiger partial charge in [0, 0.05) is 18.2 Å². The average molecular weight is 274 g/mol. The monoisotopic (exact) mass is 274 g/mol. The number of halogens is 3. The molecule has 0 radical (unpaired) electrons. The normalized spacial score (nSPS) is 17.6. The summed E-state index contributed by atoms with van der Waals surface area (Å²) in [6.07, 6.45) is -2.56. The Bertz CT molecular complexity index is 432. The van der Waals surface area contributed by atoms with Gasteiger partial charge in [0.1, 0.15) is 5.75 Å². The van der Waals surface area contributed by atoms with Crippen LogP contribution in [0.25, 0.3) is 0 Å². The minimum Gasteiger partial charge on any atom is -0.405 e. The quantitative estimate of drug-likeness (QED) is 0.897. The van der Waals surface area contributed by atoms with Crippen molar-refractivity contribution < 1.29 is 17.9 Å². The summed E-state index contributed by atoms with van der Waals surface area (Å²) in [7, 11) is 1.89. The molecule has 2 N–H and O–H groups in total. The molecule has 1 unspecified atom stereocenters. The first kappa shape index (κ1) is 14.1. The van der Waals surface area contributed by atoms with E-state index in [2.05, 4.69) is 4.74 Å². The van der Waals surface area contributed by atoms with Crippen molar-refractivity contribution in [3.63, 3.8) is 0 Å². The summed E-state index contributed by atoms with van der Waals surface area (Å²) < 4.78 is 41.3. The lowest BCUT2D eigenvalue weighted by Crippen LogP contribution is -2.33. The molecule has 19 heavy (non-hydrogen) atoms. The summed E-state index contributed by atoms with van der Waals surface area (Å²) >= 11 is 0. The van der Waals surface area contributed by atoms with E-state index in [9.17, 15) is 13.2 Å². The van der Waals surface area contributed by atoms with Gasteiger partial charge in [-0.1, -0.05) is 18.2 Å². The maximum absolute atomic E-state index is 12.4.